The Balaban J connectivity index is 4.60. The largest absolute Gasteiger partial charge is 0.396 e. The van der Waals surface area contributed by atoms with E-state index in [1.54, 1.807) is 0 Å². The first-order valence-electron chi connectivity index (χ1n) is 27.0. The van der Waals surface area contributed by atoms with E-state index in [0.29, 0.717) is 13.0 Å². The van der Waals surface area contributed by atoms with E-state index >= 15 is 0 Å². The van der Waals surface area contributed by atoms with E-state index < -0.39 is 5.60 Å². The molecule has 0 aromatic heterocycles. The average Bonchev–Trinajstić information content (AvgIpc) is 3.26. The van der Waals surface area contributed by atoms with Gasteiger partial charge >= 0.3 is 0 Å². The molecule has 0 bridgehead atoms. The molecule has 0 heterocycles. The van der Waals surface area contributed by atoms with E-state index in [9.17, 15) is 10.2 Å². The van der Waals surface area contributed by atoms with Crippen LogP contribution in [0.3, 0.4) is 0 Å². The van der Waals surface area contributed by atoms with Crippen LogP contribution in [-0.2, 0) is 4.74 Å². The Morgan fingerprint density at radius 2 is 0.639 bits per heavy atom. The zero-order chi connectivity index (χ0) is 44.3. The maximum Gasteiger partial charge on any atom is 0.0909 e. The molecule has 1 atom stereocenters. The molecule has 0 saturated heterocycles. The van der Waals surface area contributed by atoms with Crippen molar-refractivity contribution < 1.29 is 14.9 Å². The first kappa shape index (κ1) is 59.3. The maximum absolute atomic E-state index is 12.2. The van der Waals surface area contributed by atoms with Crippen molar-refractivity contribution in [3.8, 4) is 0 Å². The van der Waals surface area contributed by atoms with Gasteiger partial charge in [-0.3, -0.25) is 0 Å². The fraction of sp³-hybridized carbons (Fsp3) is 0.793. The van der Waals surface area contributed by atoms with Crippen LogP contribution in [-0.4, -0.2) is 35.1 Å². The molecule has 0 aliphatic heterocycles. The minimum atomic E-state index is -0.842. The summed E-state index contributed by atoms with van der Waals surface area (Å²) in [7, 11) is 0. The molecule has 3 nitrogen and oxygen atoms in total. The lowest BCUT2D eigenvalue weighted by molar-refractivity contribution is -0.127. The van der Waals surface area contributed by atoms with Gasteiger partial charge in [-0.15, -0.1) is 0 Å². The van der Waals surface area contributed by atoms with E-state index in [0.717, 1.165) is 51.4 Å². The Kier molecular flexibility index (Phi) is 49.6. The molecule has 0 rings (SSSR count). The van der Waals surface area contributed by atoms with Crippen molar-refractivity contribution in [2.45, 2.75) is 283 Å². The summed E-state index contributed by atoms with van der Waals surface area (Å²) in [5.74, 6) is 0. The zero-order valence-corrected chi connectivity index (χ0v) is 41.3. The van der Waals surface area contributed by atoms with Crippen molar-refractivity contribution >= 4 is 0 Å². The van der Waals surface area contributed by atoms with Crippen LogP contribution in [0.1, 0.15) is 271 Å². The first-order chi connectivity index (χ1) is 30.1. The van der Waals surface area contributed by atoms with Gasteiger partial charge in [-0.2, -0.15) is 0 Å². The normalized spacial score (nSPS) is 13.3. The summed E-state index contributed by atoms with van der Waals surface area (Å²) < 4.78 is 6.48. The standard InChI is InChI=1S/C58H106O3/c1-4-7-10-13-16-19-22-25-28-31-34-37-40-43-46-49-53-58(60,54-50-47-44-41-38-35-32-29-26-23-20-17-14-11-8-5-2)57(52-55-59)61-56-51-48-45-42-39-36-33-30-27-24-21-18-15-12-9-6-3/h16-21,25-30,57,59-60H,4-15,22-24,31-56H2,1-3H3/b19-16-,20-17-,21-18-,28-25-,29-26-,30-27-. The number of ether oxygens (including phenoxy) is 1. The minimum absolute atomic E-state index is 0.0735. The van der Waals surface area contributed by atoms with Gasteiger partial charge in [0.1, 0.15) is 0 Å². The number of aliphatic hydroxyl groups excluding tert-OH is 1. The first-order valence-corrected chi connectivity index (χ1v) is 27.0. The molecule has 0 saturated carbocycles. The molecule has 356 valence electrons. The second kappa shape index (κ2) is 51.0. The van der Waals surface area contributed by atoms with Gasteiger partial charge in [0.15, 0.2) is 0 Å². The third-order valence-corrected chi connectivity index (χ3v) is 12.3. The van der Waals surface area contributed by atoms with Gasteiger partial charge in [0.25, 0.3) is 0 Å². The van der Waals surface area contributed by atoms with Crippen LogP contribution in [0.4, 0.5) is 0 Å². The Bertz CT molecular complexity index is 970. The lowest BCUT2D eigenvalue weighted by Crippen LogP contribution is -2.45. The Hall–Kier alpha value is -1.68. The zero-order valence-electron chi connectivity index (χ0n) is 41.3. The monoisotopic (exact) mass is 851 g/mol. The molecule has 0 radical (unpaired) electrons. The molecular weight excluding hydrogens is 745 g/mol. The van der Waals surface area contributed by atoms with E-state index in [1.165, 1.54) is 193 Å². The van der Waals surface area contributed by atoms with Crippen LogP contribution in [0.25, 0.3) is 0 Å². The fourth-order valence-electron chi connectivity index (χ4n) is 8.23. The smallest absolute Gasteiger partial charge is 0.0909 e. The van der Waals surface area contributed by atoms with Gasteiger partial charge < -0.3 is 14.9 Å². The van der Waals surface area contributed by atoms with Crippen LogP contribution in [0.5, 0.6) is 0 Å². The van der Waals surface area contributed by atoms with E-state index in [1.807, 2.05) is 0 Å². The minimum Gasteiger partial charge on any atom is -0.396 e. The molecule has 3 heteroatoms. The highest BCUT2D eigenvalue weighted by Gasteiger charge is 2.36. The molecule has 2 N–H and O–H groups in total. The van der Waals surface area contributed by atoms with Crippen molar-refractivity contribution in [1.29, 1.82) is 0 Å². The summed E-state index contributed by atoms with van der Waals surface area (Å²) in [5.41, 5.74) is -0.842. The predicted octanol–water partition coefficient (Wildman–Crippen LogP) is 18.7. The second-order valence-corrected chi connectivity index (χ2v) is 18.2. The van der Waals surface area contributed by atoms with Gasteiger partial charge in [-0.1, -0.05) is 222 Å². The number of hydrogen-bond acceptors (Lipinski definition) is 3. The maximum atomic E-state index is 12.2. The molecule has 61 heavy (non-hydrogen) atoms. The molecule has 0 aliphatic rings. The Morgan fingerprint density at radius 3 is 0.951 bits per heavy atom. The highest BCUT2D eigenvalue weighted by molar-refractivity contribution is 4.94. The van der Waals surface area contributed by atoms with Crippen LogP contribution >= 0.6 is 0 Å². The summed E-state index contributed by atoms with van der Waals surface area (Å²) >= 11 is 0. The summed E-state index contributed by atoms with van der Waals surface area (Å²) in [5, 5.41) is 22.3. The predicted molar refractivity (Wildman–Crippen MR) is 274 cm³/mol. The van der Waals surface area contributed by atoms with Crippen molar-refractivity contribution in [3.63, 3.8) is 0 Å². The quantitative estimate of drug-likeness (QED) is 0.0474. The van der Waals surface area contributed by atoms with Crippen molar-refractivity contribution in [3.05, 3.63) is 72.9 Å². The van der Waals surface area contributed by atoms with Gasteiger partial charge in [0, 0.05) is 13.2 Å². The van der Waals surface area contributed by atoms with Crippen LogP contribution in [0, 0.1) is 0 Å². The van der Waals surface area contributed by atoms with Crippen molar-refractivity contribution in [1.82, 2.24) is 0 Å². The molecule has 0 aromatic carbocycles. The summed E-state index contributed by atoms with van der Waals surface area (Å²) in [4.78, 5) is 0. The lowest BCUT2D eigenvalue weighted by Gasteiger charge is -2.36. The Labute approximate surface area is 382 Å². The number of unbranched alkanes of at least 4 members (excludes halogenated alkanes) is 27. The van der Waals surface area contributed by atoms with Gasteiger partial charge in [0.05, 0.1) is 11.7 Å². The number of allylic oxidation sites excluding steroid dienone is 12. The molecule has 0 fully saturated rings. The van der Waals surface area contributed by atoms with Crippen molar-refractivity contribution in [2.75, 3.05) is 13.2 Å². The number of hydrogen-bond donors (Lipinski definition) is 2. The Morgan fingerprint density at radius 1 is 0.361 bits per heavy atom. The van der Waals surface area contributed by atoms with Gasteiger partial charge in [0.2, 0.25) is 0 Å². The van der Waals surface area contributed by atoms with E-state index in [2.05, 4.69) is 93.7 Å². The van der Waals surface area contributed by atoms with Gasteiger partial charge in [-0.25, -0.2) is 0 Å². The summed E-state index contributed by atoms with van der Waals surface area (Å²) in [6.07, 6.45) is 74.1. The van der Waals surface area contributed by atoms with Gasteiger partial charge in [-0.05, 0) is 122 Å². The van der Waals surface area contributed by atoms with Crippen LogP contribution in [0.2, 0.25) is 0 Å². The van der Waals surface area contributed by atoms with Crippen LogP contribution in [0.15, 0.2) is 72.9 Å². The molecular formula is C58H106O3. The second-order valence-electron chi connectivity index (χ2n) is 18.2. The highest BCUT2D eigenvalue weighted by Crippen LogP contribution is 2.31. The topological polar surface area (TPSA) is 49.7 Å². The summed E-state index contributed by atoms with van der Waals surface area (Å²) in [6.45, 7) is 7.55. The average molecular weight is 851 g/mol. The number of rotatable bonds is 49. The fourth-order valence-corrected chi connectivity index (χ4v) is 8.23. The van der Waals surface area contributed by atoms with Crippen LogP contribution < -0.4 is 0 Å². The lowest BCUT2D eigenvalue weighted by atomic mass is 9.83. The molecule has 0 aromatic rings. The SMILES string of the molecule is CCCCC/C=C\C/C=C\CCCCCCCCOC(CCO)C(O)(CCCCCCCC/C=C\C/C=C\CCCCC)CCCCCCCC/C=C\C/C=C\CCCCC. The van der Waals surface area contributed by atoms with E-state index in [-0.39, 0.29) is 12.7 Å². The third-order valence-electron chi connectivity index (χ3n) is 12.3. The highest BCUT2D eigenvalue weighted by atomic mass is 16.5. The molecule has 1 unspecified atom stereocenters. The van der Waals surface area contributed by atoms with Crippen molar-refractivity contribution in [2.24, 2.45) is 0 Å². The molecule has 0 amide bonds. The number of aliphatic hydroxyl groups is 2. The molecule has 0 spiro atoms. The third kappa shape index (κ3) is 44.7. The molecule has 0 aliphatic carbocycles. The summed E-state index contributed by atoms with van der Waals surface area (Å²) in [6, 6.07) is 0. The van der Waals surface area contributed by atoms with E-state index in [4.69, 9.17) is 4.74 Å².